The van der Waals surface area contributed by atoms with Crippen LogP contribution in [0.15, 0.2) is 18.2 Å². The van der Waals surface area contributed by atoms with Gasteiger partial charge in [0, 0.05) is 23.5 Å². The molecule has 1 heterocycles. The largest absolute Gasteiger partial charge is 0.338 e. The molecule has 0 N–H and O–H groups in total. The Hall–Kier alpha value is -0.830. The van der Waals surface area contributed by atoms with Gasteiger partial charge in [-0.05, 0) is 43.9 Å². The predicted octanol–water partition coefficient (Wildman–Crippen LogP) is 3.30. The Morgan fingerprint density at radius 1 is 1.41 bits per heavy atom. The zero-order valence-corrected chi connectivity index (χ0v) is 12.0. The number of alkyl halides is 1. The van der Waals surface area contributed by atoms with Crippen LogP contribution in [0.1, 0.15) is 34.3 Å². The van der Waals surface area contributed by atoms with Crippen LogP contribution in [0.5, 0.6) is 0 Å². The fraction of sp³-hybridized carbons (Fsp3) is 0.500. The molecule has 2 rings (SSSR count). The number of hydrogen-bond donors (Lipinski definition) is 0. The Morgan fingerprint density at radius 2 is 2.18 bits per heavy atom. The molecule has 0 radical (unpaired) electrons. The number of nitrogens with zero attached hydrogens (tertiary/aromatic N) is 1. The second kappa shape index (κ2) is 5.21. The van der Waals surface area contributed by atoms with E-state index in [0.717, 1.165) is 37.1 Å². The molecule has 1 unspecified atom stereocenters. The molecule has 2 nitrogen and oxygen atoms in total. The van der Waals surface area contributed by atoms with Gasteiger partial charge in [-0.1, -0.05) is 28.1 Å². The summed E-state index contributed by atoms with van der Waals surface area (Å²) in [6.07, 6.45) is 2.25. The molecule has 1 aliphatic rings. The summed E-state index contributed by atoms with van der Waals surface area (Å²) in [7, 11) is 0. The van der Waals surface area contributed by atoms with E-state index in [1.807, 2.05) is 24.0 Å². The summed E-state index contributed by atoms with van der Waals surface area (Å²) in [5, 5.41) is 0. The van der Waals surface area contributed by atoms with E-state index in [9.17, 15) is 4.79 Å². The van der Waals surface area contributed by atoms with Gasteiger partial charge in [0.2, 0.25) is 0 Å². The van der Waals surface area contributed by atoms with Gasteiger partial charge in [-0.15, -0.1) is 0 Å². The number of benzene rings is 1. The van der Waals surface area contributed by atoms with E-state index in [2.05, 4.69) is 28.9 Å². The molecule has 0 spiro atoms. The average molecular weight is 296 g/mol. The molecule has 1 aromatic rings. The highest BCUT2D eigenvalue weighted by atomic mass is 79.9. The van der Waals surface area contributed by atoms with E-state index in [1.54, 1.807) is 0 Å². The number of aryl methyl sites for hydroxylation is 1. The summed E-state index contributed by atoms with van der Waals surface area (Å²) in [5.41, 5.74) is 3.14. The quantitative estimate of drug-likeness (QED) is 0.728. The molecule has 1 aromatic carbocycles. The van der Waals surface area contributed by atoms with E-state index in [-0.39, 0.29) is 5.91 Å². The lowest BCUT2D eigenvalue weighted by atomic mass is 10.0. The highest BCUT2D eigenvalue weighted by Crippen LogP contribution is 2.21. The van der Waals surface area contributed by atoms with Crippen LogP contribution in [0.25, 0.3) is 0 Å². The molecule has 1 atom stereocenters. The van der Waals surface area contributed by atoms with Gasteiger partial charge in [-0.25, -0.2) is 0 Å². The van der Waals surface area contributed by atoms with Crippen molar-refractivity contribution in [2.75, 3.05) is 13.1 Å². The van der Waals surface area contributed by atoms with Gasteiger partial charge in [0.05, 0.1) is 0 Å². The SMILES string of the molecule is Cc1cccc(C(=O)N2CCCC(Br)C2)c1C. The molecule has 0 aromatic heterocycles. The van der Waals surface area contributed by atoms with Crippen LogP contribution in [-0.2, 0) is 0 Å². The first-order chi connectivity index (χ1) is 8.09. The van der Waals surface area contributed by atoms with Crippen molar-refractivity contribution in [3.8, 4) is 0 Å². The lowest BCUT2D eigenvalue weighted by molar-refractivity contribution is 0.0729. The average Bonchev–Trinajstić information content (AvgIpc) is 2.32. The fourth-order valence-electron chi connectivity index (χ4n) is 2.26. The number of piperidine rings is 1. The van der Waals surface area contributed by atoms with Gasteiger partial charge in [-0.3, -0.25) is 4.79 Å². The number of rotatable bonds is 1. The monoisotopic (exact) mass is 295 g/mol. The molecule has 1 aliphatic heterocycles. The molecule has 92 valence electrons. The summed E-state index contributed by atoms with van der Waals surface area (Å²) in [4.78, 5) is 14.8. The smallest absolute Gasteiger partial charge is 0.254 e. The number of carbonyl (C=O) groups excluding carboxylic acids is 1. The van der Waals surface area contributed by atoms with Gasteiger partial charge in [0.25, 0.3) is 5.91 Å². The van der Waals surface area contributed by atoms with Gasteiger partial charge in [0.15, 0.2) is 0 Å². The van der Waals surface area contributed by atoms with Crippen molar-refractivity contribution in [1.82, 2.24) is 4.90 Å². The molecule has 0 bridgehead atoms. The van der Waals surface area contributed by atoms with E-state index in [1.165, 1.54) is 5.56 Å². The van der Waals surface area contributed by atoms with Gasteiger partial charge >= 0.3 is 0 Å². The summed E-state index contributed by atoms with van der Waals surface area (Å²) >= 11 is 3.61. The second-order valence-electron chi connectivity index (χ2n) is 4.74. The molecule has 3 heteroatoms. The van der Waals surface area contributed by atoms with Crippen LogP contribution >= 0.6 is 15.9 Å². The van der Waals surface area contributed by atoms with Crippen LogP contribution in [0.3, 0.4) is 0 Å². The third-order valence-corrected chi connectivity index (χ3v) is 4.23. The molecule has 0 aliphatic carbocycles. The van der Waals surface area contributed by atoms with Crippen LogP contribution < -0.4 is 0 Å². The van der Waals surface area contributed by atoms with E-state index in [0.29, 0.717) is 4.83 Å². The van der Waals surface area contributed by atoms with Crippen LogP contribution in [0, 0.1) is 13.8 Å². The van der Waals surface area contributed by atoms with Crippen molar-refractivity contribution >= 4 is 21.8 Å². The molecule has 1 saturated heterocycles. The minimum absolute atomic E-state index is 0.176. The van der Waals surface area contributed by atoms with E-state index >= 15 is 0 Å². The van der Waals surface area contributed by atoms with E-state index < -0.39 is 0 Å². The van der Waals surface area contributed by atoms with Crippen molar-refractivity contribution in [1.29, 1.82) is 0 Å². The zero-order valence-electron chi connectivity index (χ0n) is 10.4. The number of carbonyl (C=O) groups is 1. The summed E-state index contributed by atoms with van der Waals surface area (Å²) < 4.78 is 0. The minimum Gasteiger partial charge on any atom is -0.338 e. The standard InChI is InChI=1S/C14H18BrNO/c1-10-5-3-7-13(11(10)2)14(17)16-8-4-6-12(15)9-16/h3,5,7,12H,4,6,8-9H2,1-2H3. The zero-order chi connectivity index (χ0) is 12.4. The molecule has 0 saturated carbocycles. The number of halogens is 1. The predicted molar refractivity (Wildman–Crippen MR) is 73.8 cm³/mol. The molecule has 1 fully saturated rings. The summed E-state index contributed by atoms with van der Waals surface area (Å²) in [6, 6.07) is 5.95. The second-order valence-corrected chi connectivity index (χ2v) is 6.03. The van der Waals surface area contributed by atoms with Gasteiger partial charge < -0.3 is 4.90 Å². The highest BCUT2D eigenvalue weighted by Gasteiger charge is 2.23. The van der Waals surface area contributed by atoms with Crippen molar-refractivity contribution in [2.24, 2.45) is 0 Å². The Kier molecular flexibility index (Phi) is 3.87. The lowest BCUT2D eigenvalue weighted by Gasteiger charge is -2.30. The van der Waals surface area contributed by atoms with Crippen molar-refractivity contribution in [3.63, 3.8) is 0 Å². The lowest BCUT2D eigenvalue weighted by Crippen LogP contribution is -2.40. The van der Waals surface area contributed by atoms with Crippen LogP contribution in [0.2, 0.25) is 0 Å². The Morgan fingerprint density at radius 3 is 2.88 bits per heavy atom. The Labute approximate surface area is 111 Å². The van der Waals surface area contributed by atoms with Gasteiger partial charge in [-0.2, -0.15) is 0 Å². The van der Waals surface area contributed by atoms with Crippen molar-refractivity contribution in [3.05, 3.63) is 34.9 Å². The summed E-state index contributed by atoms with van der Waals surface area (Å²) in [6.45, 7) is 5.79. The van der Waals surface area contributed by atoms with Crippen LogP contribution in [0.4, 0.5) is 0 Å². The third-order valence-electron chi connectivity index (χ3n) is 3.49. The number of hydrogen-bond acceptors (Lipinski definition) is 1. The molecule has 17 heavy (non-hydrogen) atoms. The van der Waals surface area contributed by atoms with Crippen LogP contribution in [-0.4, -0.2) is 28.7 Å². The molecular formula is C14H18BrNO. The first kappa shape index (κ1) is 12.6. The highest BCUT2D eigenvalue weighted by molar-refractivity contribution is 9.09. The van der Waals surface area contributed by atoms with E-state index in [4.69, 9.17) is 0 Å². The topological polar surface area (TPSA) is 20.3 Å². The van der Waals surface area contributed by atoms with Crippen molar-refractivity contribution in [2.45, 2.75) is 31.5 Å². The minimum atomic E-state index is 0.176. The fourth-order valence-corrected chi connectivity index (χ4v) is 2.94. The maximum atomic E-state index is 12.4. The normalized spacial score (nSPS) is 20.4. The van der Waals surface area contributed by atoms with Crippen molar-refractivity contribution < 1.29 is 4.79 Å². The number of amides is 1. The first-order valence-electron chi connectivity index (χ1n) is 6.09. The summed E-state index contributed by atoms with van der Waals surface area (Å²) in [5.74, 6) is 0.176. The number of likely N-dealkylation sites (tertiary alicyclic amines) is 1. The maximum Gasteiger partial charge on any atom is 0.254 e. The Bertz CT molecular complexity index is 430. The first-order valence-corrected chi connectivity index (χ1v) is 7.00. The molecular weight excluding hydrogens is 278 g/mol. The van der Waals surface area contributed by atoms with Gasteiger partial charge in [0.1, 0.15) is 0 Å². The molecule has 1 amide bonds. The maximum absolute atomic E-state index is 12.4. The Balaban J connectivity index is 2.22. The third kappa shape index (κ3) is 2.71.